The number of aromatic nitrogens is 2. The minimum atomic E-state index is 0.765. The first-order valence-electron chi connectivity index (χ1n) is 6.45. The van der Waals surface area contributed by atoms with E-state index in [0.717, 1.165) is 33.0 Å². The number of hydrogen-bond acceptors (Lipinski definition) is 5. The second-order valence-electron chi connectivity index (χ2n) is 4.69. The van der Waals surface area contributed by atoms with Crippen LogP contribution in [0.2, 0.25) is 0 Å². The molecule has 0 unspecified atom stereocenters. The highest BCUT2D eigenvalue weighted by Gasteiger charge is 2.08. The molecule has 0 saturated heterocycles. The Balaban J connectivity index is 1.74. The second kappa shape index (κ2) is 4.95. The normalized spacial score (nSPS) is 11.0. The van der Waals surface area contributed by atoms with Gasteiger partial charge in [-0.3, -0.25) is 4.98 Å². The quantitative estimate of drug-likeness (QED) is 0.547. The Bertz CT molecular complexity index is 907. The molecule has 1 aromatic carbocycles. The molecule has 0 fully saturated rings. The molecule has 3 aromatic heterocycles. The van der Waals surface area contributed by atoms with Gasteiger partial charge in [-0.1, -0.05) is 12.1 Å². The van der Waals surface area contributed by atoms with Crippen molar-refractivity contribution >= 4 is 38.6 Å². The van der Waals surface area contributed by atoms with Gasteiger partial charge in [0.05, 0.1) is 15.9 Å². The van der Waals surface area contributed by atoms with E-state index in [-0.39, 0.29) is 0 Å². The zero-order valence-corrected chi connectivity index (χ0v) is 12.6. The van der Waals surface area contributed by atoms with Crippen molar-refractivity contribution in [3.63, 3.8) is 0 Å². The van der Waals surface area contributed by atoms with E-state index in [4.69, 9.17) is 10.7 Å². The molecular weight excluding hydrogens is 298 g/mol. The number of thiophene rings is 1. The predicted octanol–water partition coefficient (Wildman–Crippen LogP) is 4.67. The zero-order valence-electron chi connectivity index (χ0n) is 11.0. The van der Waals surface area contributed by atoms with Gasteiger partial charge in [-0.25, -0.2) is 4.98 Å². The van der Waals surface area contributed by atoms with Gasteiger partial charge < -0.3 is 5.73 Å². The topological polar surface area (TPSA) is 51.8 Å². The number of benzene rings is 1. The summed E-state index contributed by atoms with van der Waals surface area (Å²) in [6.45, 7) is 0. The van der Waals surface area contributed by atoms with Gasteiger partial charge in [0, 0.05) is 28.4 Å². The molecule has 3 heterocycles. The van der Waals surface area contributed by atoms with Gasteiger partial charge in [0.1, 0.15) is 5.01 Å². The van der Waals surface area contributed by atoms with E-state index in [0.29, 0.717) is 0 Å². The largest absolute Gasteiger partial charge is 0.399 e. The first kappa shape index (κ1) is 12.5. The summed E-state index contributed by atoms with van der Waals surface area (Å²) in [6, 6.07) is 12.0. The number of nitrogens with zero attached hydrogens (tertiary/aromatic N) is 2. The standard InChI is InChI=1S/C16H11N3S2/c17-12-3-1-10(2-4-12)14-9-21-16(19-14)11-7-15-13(18-8-11)5-6-20-15/h1-9H,17H2. The lowest BCUT2D eigenvalue weighted by Gasteiger charge is -1.98. The number of nitrogen functional groups attached to an aromatic ring is 1. The summed E-state index contributed by atoms with van der Waals surface area (Å²) in [6.07, 6.45) is 1.89. The highest BCUT2D eigenvalue weighted by atomic mass is 32.1. The van der Waals surface area contributed by atoms with Crippen LogP contribution in [0.25, 0.3) is 32.0 Å². The van der Waals surface area contributed by atoms with Crippen LogP contribution >= 0.6 is 22.7 Å². The fourth-order valence-electron chi connectivity index (χ4n) is 2.16. The number of hydrogen-bond donors (Lipinski definition) is 1. The van der Waals surface area contributed by atoms with Gasteiger partial charge in [0.2, 0.25) is 0 Å². The van der Waals surface area contributed by atoms with Crippen molar-refractivity contribution in [2.45, 2.75) is 0 Å². The van der Waals surface area contributed by atoms with Crippen LogP contribution in [-0.2, 0) is 0 Å². The smallest absolute Gasteiger partial charge is 0.125 e. The Morgan fingerprint density at radius 1 is 0.952 bits per heavy atom. The molecule has 0 radical (unpaired) electrons. The number of pyridine rings is 1. The van der Waals surface area contributed by atoms with Crippen LogP contribution in [0, 0.1) is 0 Å². The minimum Gasteiger partial charge on any atom is -0.399 e. The molecule has 4 rings (SSSR count). The fourth-order valence-corrected chi connectivity index (χ4v) is 3.75. The molecule has 4 aromatic rings. The Labute approximate surface area is 129 Å². The van der Waals surface area contributed by atoms with Gasteiger partial charge >= 0.3 is 0 Å². The zero-order chi connectivity index (χ0) is 14.2. The Morgan fingerprint density at radius 3 is 2.67 bits per heavy atom. The van der Waals surface area contributed by atoms with Crippen molar-refractivity contribution < 1.29 is 0 Å². The number of anilines is 1. The first-order valence-corrected chi connectivity index (χ1v) is 8.20. The molecule has 0 bridgehead atoms. The lowest BCUT2D eigenvalue weighted by molar-refractivity contribution is 1.37. The Hall–Kier alpha value is -2.24. The van der Waals surface area contributed by atoms with Crippen LogP contribution in [0.5, 0.6) is 0 Å². The monoisotopic (exact) mass is 309 g/mol. The van der Waals surface area contributed by atoms with Crippen molar-refractivity contribution in [3.05, 3.63) is 53.4 Å². The summed E-state index contributed by atoms with van der Waals surface area (Å²) < 4.78 is 1.19. The summed E-state index contributed by atoms with van der Waals surface area (Å²) in [5, 5.41) is 5.12. The predicted molar refractivity (Wildman–Crippen MR) is 90.6 cm³/mol. The van der Waals surface area contributed by atoms with Crippen LogP contribution < -0.4 is 5.73 Å². The summed E-state index contributed by atoms with van der Waals surface area (Å²) in [5.74, 6) is 0. The molecule has 0 amide bonds. The molecule has 3 nitrogen and oxygen atoms in total. The maximum Gasteiger partial charge on any atom is 0.125 e. The van der Waals surface area contributed by atoms with Gasteiger partial charge in [0.25, 0.3) is 0 Å². The highest BCUT2D eigenvalue weighted by Crippen LogP contribution is 2.31. The lowest BCUT2D eigenvalue weighted by atomic mass is 10.1. The van der Waals surface area contributed by atoms with Crippen LogP contribution in [-0.4, -0.2) is 9.97 Å². The molecule has 21 heavy (non-hydrogen) atoms. The first-order chi connectivity index (χ1) is 10.3. The van der Waals surface area contributed by atoms with Gasteiger partial charge in [-0.2, -0.15) is 0 Å². The summed E-state index contributed by atoms with van der Waals surface area (Å²) in [4.78, 5) is 9.19. The van der Waals surface area contributed by atoms with Crippen molar-refractivity contribution in [1.82, 2.24) is 9.97 Å². The molecule has 0 atom stereocenters. The third-order valence-corrected chi connectivity index (χ3v) is 5.00. The van der Waals surface area contributed by atoms with E-state index in [1.165, 1.54) is 4.70 Å². The van der Waals surface area contributed by atoms with Crippen molar-refractivity contribution in [1.29, 1.82) is 0 Å². The molecular formula is C16H11N3S2. The van der Waals surface area contributed by atoms with Crippen molar-refractivity contribution in [3.8, 4) is 21.8 Å². The molecule has 2 N–H and O–H groups in total. The van der Waals surface area contributed by atoms with E-state index in [1.807, 2.05) is 36.5 Å². The van der Waals surface area contributed by atoms with E-state index in [9.17, 15) is 0 Å². The molecule has 0 spiro atoms. The van der Waals surface area contributed by atoms with Crippen molar-refractivity contribution in [2.75, 3.05) is 5.73 Å². The SMILES string of the molecule is Nc1ccc(-c2csc(-c3cnc4ccsc4c3)n2)cc1. The lowest BCUT2D eigenvalue weighted by Crippen LogP contribution is -1.84. The van der Waals surface area contributed by atoms with Crippen LogP contribution in [0.15, 0.2) is 53.4 Å². The van der Waals surface area contributed by atoms with Gasteiger partial charge in [0.15, 0.2) is 0 Å². The maximum atomic E-state index is 5.72. The molecule has 0 aliphatic heterocycles. The van der Waals surface area contributed by atoms with Gasteiger partial charge in [-0.05, 0) is 29.6 Å². The highest BCUT2D eigenvalue weighted by molar-refractivity contribution is 7.17. The van der Waals surface area contributed by atoms with E-state index in [1.54, 1.807) is 22.7 Å². The van der Waals surface area contributed by atoms with E-state index in [2.05, 4.69) is 21.8 Å². The average Bonchev–Trinajstić information content (AvgIpc) is 3.16. The number of nitrogens with two attached hydrogens (primary N) is 1. The Kier molecular flexibility index (Phi) is 2.94. The number of fused-ring (bicyclic) bond motifs is 1. The maximum absolute atomic E-state index is 5.72. The van der Waals surface area contributed by atoms with Crippen LogP contribution in [0.1, 0.15) is 0 Å². The Morgan fingerprint density at radius 2 is 1.81 bits per heavy atom. The average molecular weight is 309 g/mol. The molecule has 5 heteroatoms. The summed E-state index contributed by atoms with van der Waals surface area (Å²) in [5.41, 5.74) is 10.6. The van der Waals surface area contributed by atoms with Gasteiger partial charge in [-0.15, -0.1) is 22.7 Å². The summed E-state index contributed by atoms with van der Waals surface area (Å²) >= 11 is 3.34. The number of thiazole rings is 1. The summed E-state index contributed by atoms with van der Waals surface area (Å²) in [7, 11) is 0. The fraction of sp³-hybridized carbons (Fsp3) is 0. The van der Waals surface area contributed by atoms with Crippen LogP contribution in [0.4, 0.5) is 5.69 Å². The minimum absolute atomic E-state index is 0.765. The number of rotatable bonds is 2. The van der Waals surface area contributed by atoms with Crippen molar-refractivity contribution in [2.24, 2.45) is 0 Å². The van der Waals surface area contributed by atoms with Crippen LogP contribution in [0.3, 0.4) is 0 Å². The third-order valence-electron chi connectivity index (χ3n) is 3.26. The molecule has 102 valence electrons. The molecule has 0 aliphatic rings. The second-order valence-corrected chi connectivity index (χ2v) is 6.49. The van der Waals surface area contributed by atoms with E-state index >= 15 is 0 Å². The van der Waals surface area contributed by atoms with E-state index < -0.39 is 0 Å². The molecule has 0 aliphatic carbocycles. The molecule has 0 saturated carbocycles. The third kappa shape index (κ3) is 2.30.